The molecule has 2 aromatic heterocycles. The van der Waals surface area contributed by atoms with Crippen molar-refractivity contribution in [3.63, 3.8) is 0 Å². The maximum absolute atomic E-state index is 5.82. The van der Waals surface area contributed by atoms with Crippen LogP contribution in [0.4, 0.5) is 5.82 Å². The number of hydrogen-bond acceptors (Lipinski definition) is 5. The van der Waals surface area contributed by atoms with Crippen LogP contribution in [-0.2, 0) is 5.41 Å². The van der Waals surface area contributed by atoms with Crippen molar-refractivity contribution in [2.45, 2.75) is 26.2 Å². The zero-order valence-corrected chi connectivity index (χ0v) is 17.6. The van der Waals surface area contributed by atoms with Crippen LogP contribution in [0.5, 0.6) is 11.6 Å². The molecular weight excluding hydrogens is 362 g/mol. The molecule has 0 aliphatic rings. The van der Waals surface area contributed by atoms with Gasteiger partial charge in [-0.2, -0.15) is 0 Å². The molecule has 3 rings (SSSR count). The Kier molecular flexibility index (Phi) is 5.87. The number of pyridine rings is 2. The van der Waals surface area contributed by atoms with Crippen LogP contribution in [0, 0.1) is 0 Å². The molecular formula is C24H27N3O2. The van der Waals surface area contributed by atoms with Gasteiger partial charge in [-0.05, 0) is 52.9 Å². The average molecular weight is 389 g/mol. The van der Waals surface area contributed by atoms with Crippen molar-refractivity contribution in [1.82, 2.24) is 9.97 Å². The Bertz CT molecular complexity index is 1020. The Balaban J connectivity index is 2.19. The van der Waals surface area contributed by atoms with Gasteiger partial charge >= 0.3 is 0 Å². The fraction of sp³-hybridized carbons (Fsp3) is 0.250. The van der Waals surface area contributed by atoms with Gasteiger partial charge in [0, 0.05) is 29.1 Å². The molecule has 2 N–H and O–H groups in total. The fourth-order valence-corrected chi connectivity index (χ4v) is 3.19. The molecule has 0 fully saturated rings. The number of benzene rings is 1. The first-order valence-electron chi connectivity index (χ1n) is 9.45. The van der Waals surface area contributed by atoms with Crippen molar-refractivity contribution in [1.29, 1.82) is 0 Å². The predicted octanol–water partition coefficient (Wildman–Crippen LogP) is 5.21. The molecule has 0 saturated heterocycles. The normalized spacial score (nSPS) is 11.6. The summed E-state index contributed by atoms with van der Waals surface area (Å²) in [6, 6.07) is 11.9. The van der Waals surface area contributed by atoms with Crippen molar-refractivity contribution in [2.75, 3.05) is 20.0 Å². The second kappa shape index (κ2) is 8.35. The Morgan fingerprint density at radius 3 is 2.38 bits per heavy atom. The number of anilines is 1. The lowest BCUT2D eigenvalue weighted by molar-refractivity contribution is 0.396. The molecule has 0 atom stereocenters. The highest BCUT2D eigenvalue weighted by molar-refractivity contribution is 5.80. The zero-order valence-electron chi connectivity index (χ0n) is 17.6. The molecule has 0 amide bonds. The molecule has 0 aliphatic heterocycles. The predicted molar refractivity (Wildman–Crippen MR) is 119 cm³/mol. The fourth-order valence-electron chi connectivity index (χ4n) is 3.19. The first kappa shape index (κ1) is 20.4. The second-order valence-electron chi connectivity index (χ2n) is 7.81. The Hall–Kier alpha value is -3.34. The van der Waals surface area contributed by atoms with E-state index in [1.165, 1.54) is 0 Å². The van der Waals surface area contributed by atoms with E-state index < -0.39 is 0 Å². The smallest absolute Gasteiger partial charge is 0.221 e. The van der Waals surface area contributed by atoms with Crippen LogP contribution in [0.1, 0.15) is 37.5 Å². The number of methoxy groups -OCH3 is 2. The van der Waals surface area contributed by atoms with Crippen LogP contribution in [0.2, 0.25) is 0 Å². The van der Waals surface area contributed by atoms with Crippen molar-refractivity contribution >= 4 is 18.0 Å². The van der Waals surface area contributed by atoms with E-state index in [-0.39, 0.29) is 5.41 Å². The number of nitrogens with two attached hydrogens (primary N) is 1. The monoisotopic (exact) mass is 389 g/mol. The standard InChI is InChI=1S/C24H27N3O2/c1-24(2,3)20-14-18(19-7-6-12-26-23(19)29-5)13-17(22(20)28-4)10-8-16-9-11-21(25)27-15-16/h6-15H,1-5H3,(H2,25,27)/b10-8+. The maximum atomic E-state index is 5.82. The lowest BCUT2D eigenvalue weighted by atomic mass is 9.83. The highest BCUT2D eigenvalue weighted by atomic mass is 16.5. The SMILES string of the molecule is COc1ncccc1-c1cc(/C=C/c2ccc(N)nc2)c(OC)c(C(C)(C)C)c1. The van der Waals surface area contributed by atoms with Gasteiger partial charge in [-0.25, -0.2) is 9.97 Å². The summed E-state index contributed by atoms with van der Waals surface area (Å²) in [6.45, 7) is 6.52. The van der Waals surface area contributed by atoms with E-state index in [9.17, 15) is 0 Å². The Morgan fingerprint density at radius 1 is 0.966 bits per heavy atom. The third-order valence-electron chi connectivity index (χ3n) is 4.67. The molecule has 0 aliphatic carbocycles. The second-order valence-corrected chi connectivity index (χ2v) is 7.81. The maximum Gasteiger partial charge on any atom is 0.221 e. The summed E-state index contributed by atoms with van der Waals surface area (Å²) in [5, 5.41) is 0. The number of hydrogen-bond donors (Lipinski definition) is 1. The van der Waals surface area contributed by atoms with Crippen LogP contribution < -0.4 is 15.2 Å². The van der Waals surface area contributed by atoms with Gasteiger partial charge in [0.2, 0.25) is 5.88 Å². The quantitative estimate of drug-likeness (QED) is 0.648. The highest BCUT2D eigenvalue weighted by Crippen LogP contribution is 2.40. The first-order chi connectivity index (χ1) is 13.8. The molecule has 0 radical (unpaired) electrons. The molecule has 0 bridgehead atoms. The largest absolute Gasteiger partial charge is 0.496 e. The highest BCUT2D eigenvalue weighted by Gasteiger charge is 2.23. The van der Waals surface area contributed by atoms with Gasteiger partial charge in [0.25, 0.3) is 0 Å². The van der Waals surface area contributed by atoms with E-state index in [1.54, 1.807) is 32.7 Å². The van der Waals surface area contributed by atoms with Gasteiger partial charge in [0.15, 0.2) is 0 Å². The molecule has 3 aromatic rings. The lowest BCUT2D eigenvalue weighted by Gasteiger charge is -2.25. The molecule has 0 unspecified atom stereocenters. The van der Waals surface area contributed by atoms with Crippen LogP contribution in [-0.4, -0.2) is 24.2 Å². The van der Waals surface area contributed by atoms with Crippen LogP contribution in [0.15, 0.2) is 48.8 Å². The van der Waals surface area contributed by atoms with Crippen LogP contribution in [0.25, 0.3) is 23.3 Å². The number of nitrogens with zero attached hydrogens (tertiary/aromatic N) is 2. The van der Waals surface area contributed by atoms with Crippen molar-refractivity contribution in [3.05, 3.63) is 65.5 Å². The summed E-state index contributed by atoms with van der Waals surface area (Å²) < 4.78 is 11.3. The summed E-state index contributed by atoms with van der Waals surface area (Å²) in [5.74, 6) is 1.94. The average Bonchev–Trinajstić information content (AvgIpc) is 2.72. The topological polar surface area (TPSA) is 70.3 Å². The third-order valence-corrected chi connectivity index (χ3v) is 4.67. The number of nitrogen functional groups attached to an aromatic ring is 1. The Labute approximate surface area is 172 Å². The number of aromatic nitrogens is 2. The lowest BCUT2D eigenvalue weighted by Crippen LogP contribution is -2.14. The molecule has 150 valence electrons. The zero-order chi connectivity index (χ0) is 21.0. The van der Waals surface area contributed by atoms with E-state index in [0.717, 1.165) is 33.6 Å². The van der Waals surface area contributed by atoms with Gasteiger partial charge in [0.1, 0.15) is 11.6 Å². The van der Waals surface area contributed by atoms with E-state index in [4.69, 9.17) is 15.2 Å². The Morgan fingerprint density at radius 2 is 1.76 bits per heavy atom. The molecule has 5 nitrogen and oxygen atoms in total. The van der Waals surface area contributed by atoms with E-state index in [2.05, 4.69) is 42.9 Å². The van der Waals surface area contributed by atoms with Crippen molar-refractivity contribution in [3.8, 4) is 22.8 Å². The molecule has 5 heteroatoms. The van der Waals surface area contributed by atoms with Crippen molar-refractivity contribution < 1.29 is 9.47 Å². The number of rotatable bonds is 5. The van der Waals surface area contributed by atoms with Crippen molar-refractivity contribution in [2.24, 2.45) is 0 Å². The van der Waals surface area contributed by atoms with Crippen LogP contribution in [0.3, 0.4) is 0 Å². The summed E-state index contributed by atoms with van der Waals surface area (Å²) in [7, 11) is 3.34. The molecule has 0 saturated carbocycles. The summed E-state index contributed by atoms with van der Waals surface area (Å²) >= 11 is 0. The van der Waals surface area contributed by atoms with Gasteiger partial charge < -0.3 is 15.2 Å². The molecule has 29 heavy (non-hydrogen) atoms. The summed E-state index contributed by atoms with van der Waals surface area (Å²) in [5.41, 5.74) is 10.6. The minimum absolute atomic E-state index is 0.109. The molecule has 1 aromatic carbocycles. The first-order valence-corrected chi connectivity index (χ1v) is 9.45. The third kappa shape index (κ3) is 4.57. The van der Waals surface area contributed by atoms with Crippen LogP contribution >= 0.6 is 0 Å². The summed E-state index contributed by atoms with van der Waals surface area (Å²) in [4.78, 5) is 8.50. The van der Waals surface area contributed by atoms with E-state index in [1.807, 2.05) is 30.4 Å². The number of ether oxygens (including phenoxy) is 2. The summed E-state index contributed by atoms with van der Waals surface area (Å²) in [6.07, 6.45) is 7.51. The molecule has 0 spiro atoms. The van der Waals surface area contributed by atoms with Gasteiger partial charge in [0.05, 0.1) is 14.2 Å². The minimum atomic E-state index is -0.109. The minimum Gasteiger partial charge on any atom is -0.496 e. The van der Waals surface area contributed by atoms with Gasteiger partial charge in [-0.3, -0.25) is 0 Å². The molecule has 2 heterocycles. The van der Waals surface area contributed by atoms with Gasteiger partial charge in [-0.1, -0.05) is 32.9 Å². The van der Waals surface area contributed by atoms with E-state index >= 15 is 0 Å². The van der Waals surface area contributed by atoms with E-state index in [0.29, 0.717) is 11.7 Å². The van der Waals surface area contributed by atoms with Gasteiger partial charge in [-0.15, -0.1) is 0 Å².